The Morgan fingerprint density at radius 2 is 2.00 bits per heavy atom. The van der Waals surface area contributed by atoms with E-state index in [1.165, 1.54) is 0 Å². The number of aliphatic carboxylic acids is 1. The molecule has 1 amide bonds. The summed E-state index contributed by atoms with van der Waals surface area (Å²) < 4.78 is 0. The van der Waals surface area contributed by atoms with Crippen LogP contribution in [0.2, 0.25) is 0 Å². The van der Waals surface area contributed by atoms with Crippen molar-refractivity contribution < 1.29 is 19.8 Å². The zero-order valence-electron chi connectivity index (χ0n) is 11.8. The Labute approximate surface area is 121 Å². The number of pyridine rings is 1. The number of carbonyl (C=O) groups excluding carboxylic acids is 1. The van der Waals surface area contributed by atoms with Gasteiger partial charge >= 0.3 is 5.97 Å². The first-order valence-electron chi connectivity index (χ1n) is 6.41. The van der Waals surface area contributed by atoms with Gasteiger partial charge in [-0.3, -0.25) is 9.78 Å². The normalized spacial score (nSPS) is 13.7. The number of nitrogens with one attached hydrogen (secondary N) is 1. The molecular weight excluding hydrogens is 272 g/mol. The number of aliphatic hydroxyl groups is 1. The summed E-state index contributed by atoms with van der Waals surface area (Å²) >= 11 is 0. The lowest BCUT2D eigenvalue weighted by molar-refractivity contribution is -0.155. The van der Waals surface area contributed by atoms with Crippen molar-refractivity contribution in [1.29, 1.82) is 0 Å². The summed E-state index contributed by atoms with van der Waals surface area (Å²) in [5.74, 6) is -1.87. The molecule has 1 unspecified atom stereocenters. The molecule has 0 radical (unpaired) electrons. The lowest BCUT2D eigenvalue weighted by Gasteiger charge is -2.18. The zero-order valence-corrected chi connectivity index (χ0v) is 11.8. The Balaban J connectivity index is 2.28. The molecule has 0 saturated heterocycles. The fourth-order valence-corrected chi connectivity index (χ4v) is 1.85. The van der Waals surface area contributed by atoms with Gasteiger partial charge in [-0.15, -0.1) is 0 Å². The van der Waals surface area contributed by atoms with Gasteiger partial charge in [0.1, 0.15) is 0 Å². The van der Waals surface area contributed by atoms with Gasteiger partial charge in [-0.1, -0.05) is 18.2 Å². The van der Waals surface area contributed by atoms with Gasteiger partial charge in [0.25, 0.3) is 5.91 Å². The van der Waals surface area contributed by atoms with Gasteiger partial charge in [-0.05, 0) is 26.0 Å². The predicted octanol–water partition coefficient (Wildman–Crippen LogP) is 1.11. The van der Waals surface area contributed by atoms with Crippen molar-refractivity contribution in [2.24, 2.45) is 0 Å². The molecule has 6 nitrogen and oxygen atoms in total. The standard InChI is InChI=1S/C15H16N2O4/c1-9-6-7-10-4-3-5-11(12(10)17-9)13(18)16-8-15(2,21)14(19)20/h3-7,21H,8H2,1-2H3,(H,16,18)(H,19,20). The highest BCUT2D eigenvalue weighted by Crippen LogP contribution is 2.17. The summed E-state index contributed by atoms with van der Waals surface area (Å²) in [4.78, 5) is 27.3. The largest absolute Gasteiger partial charge is 0.479 e. The van der Waals surface area contributed by atoms with Crippen LogP contribution in [0.1, 0.15) is 23.0 Å². The van der Waals surface area contributed by atoms with Gasteiger partial charge in [-0.2, -0.15) is 0 Å². The number of hydrogen-bond acceptors (Lipinski definition) is 4. The predicted molar refractivity (Wildman–Crippen MR) is 77.1 cm³/mol. The third kappa shape index (κ3) is 3.17. The van der Waals surface area contributed by atoms with E-state index >= 15 is 0 Å². The summed E-state index contributed by atoms with van der Waals surface area (Å²) in [7, 11) is 0. The number of benzene rings is 1. The number of aryl methyl sites for hydroxylation is 1. The van der Waals surface area contributed by atoms with E-state index in [-0.39, 0.29) is 6.54 Å². The van der Waals surface area contributed by atoms with Crippen LogP contribution in [0.25, 0.3) is 10.9 Å². The van der Waals surface area contributed by atoms with Crippen molar-refractivity contribution in [3.63, 3.8) is 0 Å². The van der Waals surface area contributed by atoms with Crippen LogP contribution < -0.4 is 5.32 Å². The van der Waals surface area contributed by atoms with Crippen molar-refractivity contribution in [2.45, 2.75) is 19.4 Å². The zero-order chi connectivity index (χ0) is 15.6. The first-order chi connectivity index (χ1) is 9.81. The molecule has 2 aromatic rings. The van der Waals surface area contributed by atoms with Crippen LogP contribution in [0.5, 0.6) is 0 Å². The highest BCUT2D eigenvalue weighted by molar-refractivity contribution is 6.05. The Kier molecular flexibility index (Phi) is 3.90. The SMILES string of the molecule is Cc1ccc2cccc(C(=O)NCC(C)(O)C(=O)O)c2n1. The smallest absolute Gasteiger partial charge is 0.337 e. The van der Waals surface area contributed by atoms with Crippen molar-refractivity contribution in [2.75, 3.05) is 6.54 Å². The van der Waals surface area contributed by atoms with Crippen LogP contribution in [-0.2, 0) is 4.79 Å². The number of fused-ring (bicyclic) bond motifs is 1. The maximum Gasteiger partial charge on any atom is 0.337 e. The summed E-state index contributed by atoms with van der Waals surface area (Å²) in [5, 5.41) is 21.7. The molecule has 0 saturated carbocycles. The highest BCUT2D eigenvalue weighted by Gasteiger charge is 2.30. The molecule has 1 heterocycles. The molecule has 6 heteroatoms. The molecule has 3 N–H and O–H groups in total. The third-order valence-electron chi connectivity index (χ3n) is 3.16. The number of carboxylic acid groups (broad SMARTS) is 1. The molecule has 0 bridgehead atoms. The molecule has 21 heavy (non-hydrogen) atoms. The van der Waals surface area contributed by atoms with Crippen molar-refractivity contribution in [1.82, 2.24) is 10.3 Å². The van der Waals surface area contributed by atoms with E-state index in [1.807, 2.05) is 25.1 Å². The molecule has 110 valence electrons. The minimum absolute atomic E-state index is 0.345. The molecule has 0 aliphatic rings. The number of carboxylic acids is 1. The topological polar surface area (TPSA) is 99.5 Å². The van der Waals surface area contributed by atoms with E-state index in [4.69, 9.17) is 5.11 Å². The second-order valence-corrected chi connectivity index (χ2v) is 5.09. The highest BCUT2D eigenvalue weighted by atomic mass is 16.4. The maximum absolute atomic E-state index is 12.2. The number of para-hydroxylation sites is 1. The Hall–Kier alpha value is -2.47. The average molecular weight is 288 g/mol. The summed E-state index contributed by atoms with van der Waals surface area (Å²) in [5.41, 5.74) is -0.341. The second-order valence-electron chi connectivity index (χ2n) is 5.09. The van der Waals surface area contributed by atoms with E-state index < -0.39 is 17.5 Å². The maximum atomic E-state index is 12.2. The van der Waals surface area contributed by atoms with E-state index in [2.05, 4.69) is 10.3 Å². The van der Waals surface area contributed by atoms with Gasteiger partial charge in [0.05, 0.1) is 17.6 Å². The van der Waals surface area contributed by atoms with Crippen LogP contribution in [0.15, 0.2) is 30.3 Å². The Bertz CT molecular complexity index is 710. The first kappa shape index (κ1) is 14.9. The molecule has 1 aromatic heterocycles. The summed E-state index contributed by atoms with van der Waals surface area (Å²) in [6.45, 7) is 2.56. The van der Waals surface area contributed by atoms with Crippen molar-refractivity contribution in [3.8, 4) is 0 Å². The molecule has 0 aliphatic heterocycles. The van der Waals surface area contributed by atoms with E-state index in [9.17, 15) is 14.7 Å². The number of amides is 1. The van der Waals surface area contributed by atoms with Gasteiger partial charge in [0, 0.05) is 11.1 Å². The Morgan fingerprint density at radius 1 is 1.29 bits per heavy atom. The van der Waals surface area contributed by atoms with Crippen molar-refractivity contribution >= 4 is 22.8 Å². The fourth-order valence-electron chi connectivity index (χ4n) is 1.85. The average Bonchev–Trinajstić information content (AvgIpc) is 2.44. The van der Waals surface area contributed by atoms with Crippen molar-refractivity contribution in [3.05, 3.63) is 41.6 Å². The third-order valence-corrected chi connectivity index (χ3v) is 3.16. The molecule has 0 fully saturated rings. The minimum atomic E-state index is -2.01. The monoisotopic (exact) mass is 288 g/mol. The van der Waals surface area contributed by atoms with Crippen LogP contribution in [0.4, 0.5) is 0 Å². The van der Waals surface area contributed by atoms with Gasteiger partial charge in [0.2, 0.25) is 0 Å². The number of aromatic nitrogens is 1. The number of carbonyl (C=O) groups is 2. The quantitative estimate of drug-likeness (QED) is 0.782. The Morgan fingerprint density at radius 3 is 2.67 bits per heavy atom. The van der Waals surface area contributed by atoms with Gasteiger partial charge in [-0.25, -0.2) is 4.79 Å². The lowest BCUT2D eigenvalue weighted by Crippen LogP contribution is -2.46. The van der Waals surface area contributed by atoms with E-state index in [1.54, 1.807) is 12.1 Å². The lowest BCUT2D eigenvalue weighted by atomic mass is 10.1. The number of rotatable bonds is 4. The summed E-state index contributed by atoms with van der Waals surface area (Å²) in [6.07, 6.45) is 0. The van der Waals surface area contributed by atoms with Gasteiger partial charge in [0.15, 0.2) is 5.60 Å². The molecule has 2 rings (SSSR count). The first-order valence-corrected chi connectivity index (χ1v) is 6.41. The van der Waals surface area contributed by atoms with E-state index in [0.29, 0.717) is 11.1 Å². The molecule has 0 spiro atoms. The number of nitrogens with zero attached hydrogens (tertiary/aromatic N) is 1. The second kappa shape index (κ2) is 5.49. The van der Waals surface area contributed by atoms with Crippen LogP contribution in [0.3, 0.4) is 0 Å². The van der Waals surface area contributed by atoms with E-state index in [0.717, 1.165) is 18.0 Å². The molecule has 0 aliphatic carbocycles. The number of hydrogen-bond donors (Lipinski definition) is 3. The molecule has 1 aromatic carbocycles. The van der Waals surface area contributed by atoms with Crippen LogP contribution in [0, 0.1) is 6.92 Å². The minimum Gasteiger partial charge on any atom is -0.479 e. The van der Waals surface area contributed by atoms with Crippen LogP contribution >= 0.6 is 0 Å². The molecule has 1 atom stereocenters. The fraction of sp³-hybridized carbons (Fsp3) is 0.267. The summed E-state index contributed by atoms with van der Waals surface area (Å²) in [6, 6.07) is 8.89. The molecular formula is C15H16N2O4. The van der Waals surface area contributed by atoms with Crippen LogP contribution in [-0.4, -0.2) is 39.2 Å². The van der Waals surface area contributed by atoms with Gasteiger partial charge < -0.3 is 15.5 Å².